The van der Waals surface area contributed by atoms with Crippen LogP contribution >= 0.6 is 23.6 Å². The first-order chi connectivity index (χ1) is 15.3. The number of fused-ring (bicyclic) bond motifs is 1. The van der Waals surface area contributed by atoms with Gasteiger partial charge in [-0.25, -0.2) is 4.98 Å². The SMILES string of the molecule is O=C(NC(=S)Nc1nc2ccc([N+](=O)[O-])cc2s1)c1ccc(-c2ccccc2[N+](=O)[O-])o1. The van der Waals surface area contributed by atoms with Gasteiger partial charge in [0.15, 0.2) is 16.0 Å². The lowest BCUT2D eigenvalue weighted by atomic mass is 10.1. The maximum Gasteiger partial charge on any atom is 0.293 e. The minimum Gasteiger partial charge on any atom is -0.451 e. The first kappa shape index (κ1) is 21.0. The molecule has 0 aliphatic carbocycles. The van der Waals surface area contributed by atoms with Crippen LogP contribution in [-0.4, -0.2) is 25.9 Å². The lowest BCUT2D eigenvalue weighted by Crippen LogP contribution is -2.33. The molecule has 0 saturated heterocycles. The number of thiazole rings is 1. The van der Waals surface area contributed by atoms with E-state index < -0.39 is 15.8 Å². The van der Waals surface area contributed by atoms with Crippen molar-refractivity contribution in [3.05, 3.63) is 80.6 Å². The Morgan fingerprint density at radius 3 is 2.59 bits per heavy atom. The molecule has 1 amide bonds. The van der Waals surface area contributed by atoms with Crippen LogP contribution in [0.3, 0.4) is 0 Å². The van der Waals surface area contributed by atoms with Crippen LogP contribution in [0.15, 0.2) is 59.0 Å². The monoisotopic (exact) mass is 469 g/mol. The Kier molecular flexibility index (Phi) is 5.57. The van der Waals surface area contributed by atoms with Crippen molar-refractivity contribution >= 4 is 61.3 Å². The van der Waals surface area contributed by atoms with Gasteiger partial charge in [0.2, 0.25) is 0 Å². The molecule has 0 aliphatic heterocycles. The van der Waals surface area contributed by atoms with Crippen molar-refractivity contribution in [1.29, 1.82) is 0 Å². The zero-order chi connectivity index (χ0) is 22.8. The number of nitro groups is 2. The number of non-ortho nitro benzene ring substituents is 1. The highest BCUT2D eigenvalue weighted by atomic mass is 32.1. The van der Waals surface area contributed by atoms with Gasteiger partial charge in [-0.2, -0.15) is 0 Å². The van der Waals surface area contributed by atoms with E-state index in [-0.39, 0.29) is 33.6 Å². The fraction of sp³-hybridized carbons (Fsp3) is 0. The number of nitrogens with zero attached hydrogens (tertiary/aromatic N) is 3. The normalized spacial score (nSPS) is 10.6. The number of amides is 1. The van der Waals surface area contributed by atoms with Crippen LogP contribution in [0.4, 0.5) is 16.5 Å². The van der Waals surface area contributed by atoms with Gasteiger partial charge in [-0.05, 0) is 36.5 Å². The van der Waals surface area contributed by atoms with Gasteiger partial charge in [0.05, 0.1) is 25.6 Å². The number of hydrogen-bond acceptors (Lipinski definition) is 9. The first-order valence-electron chi connectivity index (χ1n) is 8.83. The van der Waals surface area contributed by atoms with Gasteiger partial charge in [0, 0.05) is 18.2 Å². The van der Waals surface area contributed by atoms with Crippen molar-refractivity contribution < 1.29 is 19.1 Å². The molecule has 2 aromatic carbocycles. The highest BCUT2D eigenvalue weighted by Crippen LogP contribution is 2.31. The number of carbonyl (C=O) groups excluding carboxylic acids is 1. The van der Waals surface area contributed by atoms with E-state index in [9.17, 15) is 25.0 Å². The Morgan fingerprint density at radius 2 is 1.84 bits per heavy atom. The summed E-state index contributed by atoms with van der Waals surface area (Å²) in [5.74, 6) is -0.597. The fourth-order valence-electron chi connectivity index (χ4n) is 2.82. The van der Waals surface area contributed by atoms with Gasteiger partial charge in [0.1, 0.15) is 5.76 Å². The quantitative estimate of drug-likeness (QED) is 0.244. The van der Waals surface area contributed by atoms with Crippen LogP contribution in [-0.2, 0) is 0 Å². The third-order valence-corrected chi connectivity index (χ3v) is 5.36. The van der Waals surface area contributed by atoms with Crippen LogP contribution in [0.5, 0.6) is 0 Å². The second-order valence-electron chi connectivity index (χ2n) is 6.27. The predicted molar refractivity (Wildman–Crippen MR) is 121 cm³/mol. The largest absolute Gasteiger partial charge is 0.451 e. The smallest absolute Gasteiger partial charge is 0.293 e. The number of hydrogen-bond donors (Lipinski definition) is 2. The van der Waals surface area contributed by atoms with Crippen molar-refractivity contribution in [3.8, 4) is 11.3 Å². The molecular formula is C19H11N5O6S2. The molecule has 0 aliphatic rings. The van der Waals surface area contributed by atoms with Crippen molar-refractivity contribution in [2.24, 2.45) is 0 Å². The van der Waals surface area contributed by atoms with E-state index in [1.807, 2.05) is 0 Å². The van der Waals surface area contributed by atoms with Gasteiger partial charge in [-0.15, -0.1) is 0 Å². The summed E-state index contributed by atoms with van der Waals surface area (Å²) in [6.07, 6.45) is 0. The number of nitro benzene ring substituents is 2. The number of furan rings is 1. The van der Waals surface area contributed by atoms with Gasteiger partial charge in [-0.3, -0.25) is 30.3 Å². The zero-order valence-electron chi connectivity index (χ0n) is 15.8. The Bertz CT molecular complexity index is 1400. The molecule has 0 spiro atoms. The topological polar surface area (TPSA) is 153 Å². The van der Waals surface area contributed by atoms with E-state index in [1.54, 1.807) is 6.07 Å². The minimum atomic E-state index is -0.663. The molecule has 11 nitrogen and oxygen atoms in total. The van der Waals surface area contributed by atoms with Crippen LogP contribution in [0, 0.1) is 20.2 Å². The number of anilines is 1. The van der Waals surface area contributed by atoms with Crippen molar-refractivity contribution in [1.82, 2.24) is 10.3 Å². The van der Waals surface area contributed by atoms with Gasteiger partial charge in [-0.1, -0.05) is 23.5 Å². The number of nitrogens with one attached hydrogen (secondary N) is 2. The molecule has 32 heavy (non-hydrogen) atoms. The molecule has 2 heterocycles. The average Bonchev–Trinajstić information content (AvgIpc) is 3.39. The lowest BCUT2D eigenvalue weighted by Gasteiger charge is -2.05. The van der Waals surface area contributed by atoms with Gasteiger partial charge < -0.3 is 9.73 Å². The van der Waals surface area contributed by atoms with E-state index >= 15 is 0 Å². The predicted octanol–water partition coefficient (Wildman–Crippen LogP) is 4.50. The Labute approximate surface area is 188 Å². The molecule has 2 aromatic heterocycles. The molecule has 0 fully saturated rings. The molecule has 0 unspecified atom stereocenters. The zero-order valence-corrected chi connectivity index (χ0v) is 17.4. The third kappa shape index (κ3) is 4.28. The number of benzene rings is 2. The molecular weight excluding hydrogens is 458 g/mol. The molecule has 4 rings (SSSR count). The summed E-state index contributed by atoms with van der Waals surface area (Å²) in [5.41, 5.74) is 0.566. The van der Waals surface area contributed by atoms with E-state index in [0.717, 1.165) is 11.3 Å². The van der Waals surface area contributed by atoms with E-state index in [1.165, 1.54) is 48.5 Å². The number of para-hydroxylation sites is 1. The van der Waals surface area contributed by atoms with Crippen LogP contribution in [0.1, 0.15) is 10.6 Å². The second kappa shape index (κ2) is 8.49. The van der Waals surface area contributed by atoms with Gasteiger partial charge >= 0.3 is 0 Å². The molecule has 160 valence electrons. The van der Waals surface area contributed by atoms with Crippen molar-refractivity contribution in [2.45, 2.75) is 0 Å². The number of rotatable bonds is 5. The molecule has 4 aromatic rings. The second-order valence-corrected chi connectivity index (χ2v) is 7.71. The maximum atomic E-state index is 12.4. The summed E-state index contributed by atoms with van der Waals surface area (Å²) in [6.45, 7) is 0. The number of aromatic nitrogens is 1. The van der Waals surface area contributed by atoms with Crippen LogP contribution < -0.4 is 10.6 Å². The fourth-order valence-corrected chi connectivity index (χ4v) is 3.98. The van der Waals surface area contributed by atoms with Crippen LogP contribution in [0.25, 0.3) is 21.5 Å². The molecule has 0 atom stereocenters. The maximum absolute atomic E-state index is 12.4. The average molecular weight is 469 g/mol. The van der Waals surface area contributed by atoms with E-state index in [2.05, 4.69) is 15.6 Å². The number of thiocarbonyl (C=S) groups is 1. The molecule has 0 saturated carbocycles. The third-order valence-electron chi connectivity index (χ3n) is 4.23. The Hall–Kier alpha value is -4.23. The van der Waals surface area contributed by atoms with E-state index in [0.29, 0.717) is 15.3 Å². The van der Waals surface area contributed by atoms with E-state index in [4.69, 9.17) is 16.6 Å². The Morgan fingerprint density at radius 1 is 1.06 bits per heavy atom. The summed E-state index contributed by atoms with van der Waals surface area (Å²) >= 11 is 6.26. The van der Waals surface area contributed by atoms with Gasteiger partial charge in [0.25, 0.3) is 17.3 Å². The highest BCUT2D eigenvalue weighted by molar-refractivity contribution is 7.80. The summed E-state index contributed by atoms with van der Waals surface area (Å²) in [4.78, 5) is 37.8. The molecule has 2 N–H and O–H groups in total. The molecule has 13 heteroatoms. The minimum absolute atomic E-state index is 0.0594. The summed E-state index contributed by atoms with van der Waals surface area (Å²) in [5, 5.41) is 27.5. The highest BCUT2D eigenvalue weighted by Gasteiger charge is 2.20. The number of carbonyl (C=O) groups is 1. The Balaban J connectivity index is 1.46. The first-order valence-corrected chi connectivity index (χ1v) is 10.1. The lowest BCUT2D eigenvalue weighted by molar-refractivity contribution is -0.384. The van der Waals surface area contributed by atoms with Crippen molar-refractivity contribution in [3.63, 3.8) is 0 Å². The van der Waals surface area contributed by atoms with Crippen molar-refractivity contribution in [2.75, 3.05) is 5.32 Å². The van der Waals surface area contributed by atoms with Crippen LogP contribution in [0.2, 0.25) is 0 Å². The summed E-state index contributed by atoms with van der Waals surface area (Å²) in [6, 6.07) is 13.1. The standard InChI is InChI=1S/C19H11N5O6S2/c25-17(15-8-7-14(30-15)11-3-1-2-4-13(11)24(28)29)21-18(31)22-19-20-12-6-5-10(23(26)27)9-16(12)32-19/h1-9H,(H2,20,21,22,25,31). The summed E-state index contributed by atoms with van der Waals surface area (Å²) in [7, 11) is 0. The molecule has 0 bridgehead atoms. The summed E-state index contributed by atoms with van der Waals surface area (Å²) < 4.78 is 6.06. The molecule has 0 radical (unpaired) electrons.